The minimum atomic E-state index is 0.527. The van der Waals surface area contributed by atoms with Crippen LogP contribution in [0.4, 0.5) is 0 Å². The number of aromatic nitrogens is 5. The second-order valence-corrected chi connectivity index (χ2v) is 9.02. The van der Waals surface area contributed by atoms with Crippen molar-refractivity contribution in [3.05, 3.63) is 82.8 Å². The molecule has 0 amide bonds. The van der Waals surface area contributed by atoms with Gasteiger partial charge in [-0.05, 0) is 50.6 Å². The van der Waals surface area contributed by atoms with Crippen LogP contribution in [0.25, 0.3) is 5.69 Å². The van der Waals surface area contributed by atoms with E-state index in [-0.39, 0.29) is 0 Å². The van der Waals surface area contributed by atoms with Crippen molar-refractivity contribution in [3.8, 4) is 5.69 Å². The van der Waals surface area contributed by atoms with Gasteiger partial charge in [0.25, 0.3) is 0 Å². The largest absolute Gasteiger partial charge is 0.329 e. The van der Waals surface area contributed by atoms with E-state index in [1.54, 1.807) is 17.5 Å². The summed E-state index contributed by atoms with van der Waals surface area (Å²) in [4.78, 5) is 16.0. The highest BCUT2D eigenvalue weighted by Gasteiger charge is 2.24. The van der Waals surface area contributed by atoms with E-state index in [1.165, 1.54) is 11.4 Å². The van der Waals surface area contributed by atoms with Crippen LogP contribution in [0.1, 0.15) is 40.8 Å². The zero-order valence-electron chi connectivity index (χ0n) is 17.2. The zero-order valence-corrected chi connectivity index (χ0v) is 18.0. The highest BCUT2D eigenvalue weighted by molar-refractivity contribution is 7.09. The van der Waals surface area contributed by atoms with Crippen molar-refractivity contribution < 1.29 is 0 Å². The molecule has 0 aliphatic carbocycles. The van der Waals surface area contributed by atoms with Gasteiger partial charge in [0.15, 0.2) is 0 Å². The average molecular weight is 419 g/mol. The van der Waals surface area contributed by atoms with Crippen molar-refractivity contribution in [3.63, 3.8) is 0 Å². The molecule has 0 atom stereocenters. The Balaban J connectivity index is 1.18. The first-order valence-electron chi connectivity index (χ1n) is 10.5. The van der Waals surface area contributed by atoms with Crippen molar-refractivity contribution in [1.82, 2.24) is 29.0 Å². The van der Waals surface area contributed by atoms with Gasteiger partial charge in [-0.25, -0.2) is 15.0 Å². The van der Waals surface area contributed by atoms with E-state index < -0.39 is 0 Å². The predicted molar refractivity (Wildman–Crippen MR) is 119 cm³/mol. The average Bonchev–Trinajstić information content (AvgIpc) is 3.52. The lowest BCUT2D eigenvalue weighted by Gasteiger charge is -2.32. The zero-order chi connectivity index (χ0) is 20.3. The van der Waals surface area contributed by atoms with E-state index in [1.807, 2.05) is 23.3 Å². The first kappa shape index (κ1) is 19.2. The number of rotatable bonds is 6. The molecule has 0 unspecified atom stereocenters. The topological polar surface area (TPSA) is 51.8 Å². The smallest absolute Gasteiger partial charge is 0.112 e. The number of hydrogen-bond donors (Lipinski definition) is 0. The quantitative estimate of drug-likeness (QED) is 0.469. The first-order valence-corrected chi connectivity index (χ1v) is 11.3. The minimum Gasteiger partial charge on any atom is -0.329 e. The van der Waals surface area contributed by atoms with Gasteiger partial charge in [0.05, 0.1) is 23.6 Å². The van der Waals surface area contributed by atoms with Gasteiger partial charge in [-0.15, -0.1) is 11.3 Å². The number of piperidine rings is 1. The number of hydrogen-bond acceptors (Lipinski definition) is 5. The number of aryl methyl sites for hydroxylation is 1. The molecule has 1 aromatic carbocycles. The number of thiazole rings is 1. The molecule has 3 aromatic heterocycles. The van der Waals surface area contributed by atoms with E-state index in [0.29, 0.717) is 5.92 Å². The van der Waals surface area contributed by atoms with Gasteiger partial charge in [0.2, 0.25) is 0 Å². The SMILES string of the molecule is Cc1nc(Cn2ccnc2C2CCN(Cc3ccc(-n4ccnc4)cc3)CC2)cs1. The summed E-state index contributed by atoms with van der Waals surface area (Å²) in [7, 11) is 0. The fraction of sp³-hybridized carbons (Fsp3) is 0.348. The highest BCUT2D eigenvalue weighted by atomic mass is 32.1. The molecule has 7 heteroatoms. The lowest BCUT2D eigenvalue weighted by Crippen LogP contribution is -2.33. The van der Waals surface area contributed by atoms with Crippen molar-refractivity contribution in [2.75, 3.05) is 13.1 Å². The van der Waals surface area contributed by atoms with Crippen LogP contribution in [0.15, 0.2) is 60.8 Å². The van der Waals surface area contributed by atoms with Crippen LogP contribution >= 0.6 is 11.3 Å². The van der Waals surface area contributed by atoms with Crippen molar-refractivity contribution >= 4 is 11.3 Å². The summed E-state index contributed by atoms with van der Waals surface area (Å²) >= 11 is 1.71. The molecule has 0 spiro atoms. The first-order chi connectivity index (χ1) is 14.7. The Hall–Kier alpha value is -2.77. The van der Waals surface area contributed by atoms with Crippen LogP contribution in [0.3, 0.4) is 0 Å². The molecule has 0 saturated carbocycles. The van der Waals surface area contributed by atoms with Crippen LogP contribution in [-0.4, -0.2) is 42.1 Å². The molecule has 4 aromatic rings. The van der Waals surface area contributed by atoms with Crippen LogP contribution in [0.2, 0.25) is 0 Å². The van der Waals surface area contributed by atoms with E-state index in [4.69, 9.17) is 4.98 Å². The number of benzene rings is 1. The van der Waals surface area contributed by atoms with E-state index in [9.17, 15) is 0 Å². The van der Waals surface area contributed by atoms with E-state index >= 15 is 0 Å². The Morgan fingerprint density at radius 3 is 2.57 bits per heavy atom. The summed E-state index contributed by atoms with van der Waals surface area (Å²) in [5, 5.41) is 3.28. The predicted octanol–water partition coefficient (Wildman–Crippen LogP) is 4.26. The van der Waals surface area contributed by atoms with Crippen LogP contribution in [0, 0.1) is 6.92 Å². The molecule has 1 aliphatic rings. The molecule has 0 N–H and O–H groups in total. The van der Waals surface area contributed by atoms with Gasteiger partial charge in [-0.2, -0.15) is 0 Å². The normalized spacial score (nSPS) is 15.6. The van der Waals surface area contributed by atoms with Crippen molar-refractivity contribution in [2.45, 2.75) is 38.8 Å². The Morgan fingerprint density at radius 1 is 1.03 bits per heavy atom. The third-order valence-corrected chi connectivity index (χ3v) is 6.67. The standard InChI is InChI=1S/C23H26N6S/c1-18-26-21(16-30-18)15-28-13-9-25-23(28)20-6-10-27(11-7-20)14-19-2-4-22(5-3-19)29-12-8-24-17-29/h2-5,8-9,12-13,16-17,20H,6-7,10-11,14-15H2,1H3. The number of imidazole rings is 2. The number of nitrogens with zero attached hydrogens (tertiary/aromatic N) is 6. The molecule has 5 rings (SSSR count). The molecule has 4 heterocycles. The van der Waals surface area contributed by atoms with E-state index in [2.05, 4.69) is 62.2 Å². The van der Waals surface area contributed by atoms with Crippen LogP contribution in [-0.2, 0) is 13.1 Å². The maximum absolute atomic E-state index is 4.70. The maximum Gasteiger partial charge on any atom is 0.112 e. The molecule has 154 valence electrons. The summed E-state index contributed by atoms with van der Waals surface area (Å²) in [6, 6.07) is 8.79. The number of likely N-dealkylation sites (tertiary alicyclic amines) is 1. The van der Waals surface area contributed by atoms with Gasteiger partial charge in [0, 0.05) is 48.3 Å². The monoisotopic (exact) mass is 418 g/mol. The highest BCUT2D eigenvalue weighted by Crippen LogP contribution is 2.28. The summed E-state index contributed by atoms with van der Waals surface area (Å²) in [6.07, 6.45) is 11.9. The third kappa shape index (κ3) is 4.22. The van der Waals surface area contributed by atoms with Gasteiger partial charge in [-0.1, -0.05) is 12.1 Å². The summed E-state index contributed by atoms with van der Waals surface area (Å²) < 4.78 is 4.31. The molecular weight excluding hydrogens is 392 g/mol. The third-order valence-electron chi connectivity index (χ3n) is 5.84. The lowest BCUT2D eigenvalue weighted by atomic mass is 9.95. The van der Waals surface area contributed by atoms with Crippen molar-refractivity contribution in [1.29, 1.82) is 0 Å². The molecule has 0 bridgehead atoms. The Morgan fingerprint density at radius 2 is 1.87 bits per heavy atom. The molecule has 1 aliphatic heterocycles. The Kier molecular flexibility index (Phi) is 5.46. The lowest BCUT2D eigenvalue weighted by molar-refractivity contribution is 0.200. The van der Waals surface area contributed by atoms with Gasteiger partial charge < -0.3 is 9.13 Å². The summed E-state index contributed by atoms with van der Waals surface area (Å²) in [5.41, 5.74) is 3.64. The Labute approximate surface area is 180 Å². The van der Waals surface area contributed by atoms with E-state index in [0.717, 1.165) is 55.4 Å². The fourth-order valence-corrected chi connectivity index (χ4v) is 4.87. The second-order valence-electron chi connectivity index (χ2n) is 7.96. The summed E-state index contributed by atoms with van der Waals surface area (Å²) in [5.74, 6) is 1.74. The molecule has 6 nitrogen and oxygen atoms in total. The molecule has 1 fully saturated rings. The van der Waals surface area contributed by atoms with Crippen LogP contribution < -0.4 is 0 Å². The Bertz CT molecular complexity index is 1070. The maximum atomic E-state index is 4.70. The molecule has 30 heavy (non-hydrogen) atoms. The van der Waals surface area contributed by atoms with Gasteiger partial charge in [-0.3, -0.25) is 4.90 Å². The van der Waals surface area contributed by atoms with Crippen LogP contribution in [0.5, 0.6) is 0 Å². The minimum absolute atomic E-state index is 0.527. The fourth-order valence-electron chi connectivity index (χ4n) is 4.26. The molecule has 1 saturated heterocycles. The molecule has 0 radical (unpaired) electrons. The van der Waals surface area contributed by atoms with Gasteiger partial charge >= 0.3 is 0 Å². The van der Waals surface area contributed by atoms with Crippen molar-refractivity contribution in [2.24, 2.45) is 0 Å². The van der Waals surface area contributed by atoms with Gasteiger partial charge in [0.1, 0.15) is 5.82 Å². The second kappa shape index (κ2) is 8.53. The molecular formula is C23H26N6S. The summed E-state index contributed by atoms with van der Waals surface area (Å²) in [6.45, 7) is 6.10.